The summed E-state index contributed by atoms with van der Waals surface area (Å²) in [6, 6.07) is 13.6. The maximum atomic E-state index is 11.9. The number of carbonyl (C=O) groups is 2. The van der Waals surface area contributed by atoms with E-state index < -0.39 is 6.09 Å². The second-order valence-electron chi connectivity index (χ2n) is 5.72. The molecule has 0 aliphatic carbocycles. The summed E-state index contributed by atoms with van der Waals surface area (Å²) >= 11 is 1.47. The third kappa shape index (κ3) is 6.16. The van der Waals surface area contributed by atoms with Crippen LogP contribution in [0.1, 0.15) is 40.9 Å². The van der Waals surface area contributed by atoms with Crippen LogP contribution in [0.25, 0.3) is 0 Å². The lowest BCUT2D eigenvalue weighted by atomic mass is 10.1. The Labute approximate surface area is 146 Å². The second-order valence-corrected chi connectivity index (χ2v) is 6.66. The summed E-state index contributed by atoms with van der Waals surface area (Å²) in [4.78, 5) is 25.5. The number of carboxylic acid groups (broad SMARTS) is 1. The minimum absolute atomic E-state index is 0.184. The van der Waals surface area contributed by atoms with E-state index in [0.29, 0.717) is 19.5 Å². The van der Waals surface area contributed by atoms with Gasteiger partial charge in [0.05, 0.1) is 4.88 Å². The molecule has 1 N–H and O–H groups in total. The molecule has 0 atom stereocenters. The van der Waals surface area contributed by atoms with Crippen molar-refractivity contribution in [3.63, 3.8) is 0 Å². The van der Waals surface area contributed by atoms with Crippen molar-refractivity contribution in [2.24, 2.45) is 0 Å². The summed E-state index contributed by atoms with van der Waals surface area (Å²) in [5.41, 5.74) is 1.14. The van der Waals surface area contributed by atoms with Crippen molar-refractivity contribution in [3.8, 4) is 0 Å². The molecule has 0 saturated heterocycles. The van der Waals surface area contributed by atoms with Crippen molar-refractivity contribution >= 4 is 23.2 Å². The monoisotopic (exact) mass is 345 g/mol. The summed E-state index contributed by atoms with van der Waals surface area (Å²) in [5.74, 6) is 0.184. The number of Topliss-reactive ketones (excluding diaryl/α,β-unsaturated/α-hetero) is 1. The fourth-order valence-electron chi connectivity index (χ4n) is 2.54. The van der Waals surface area contributed by atoms with E-state index in [-0.39, 0.29) is 5.78 Å². The highest BCUT2D eigenvalue weighted by atomic mass is 32.1. The van der Waals surface area contributed by atoms with Crippen LogP contribution in [0.5, 0.6) is 0 Å². The predicted molar refractivity (Wildman–Crippen MR) is 96.9 cm³/mol. The maximum absolute atomic E-state index is 11.9. The van der Waals surface area contributed by atoms with Gasteiger partial charge >= 0.3 is 6.09 Å². The van der Waals surface area contributed by atoms with Gasteiger partial charge in [-0.1, -0.05) is 42.8 Å². The molecule has 0 bridgehead atoms. The van der Waals surface area contributed by atoms with Crippen LogP contribution in [0.2, 0.25) is 0 Å². The highest BCUT2D eigenvalue weighted by Crippen LogP contribution is 2.14. The van der Waals surface area contributed by atoms with E-state index in [1.165, 1.54) is 16.2 Å². The van der Waals surface area contributed by atoms with Crippen molar-refractivity contribution in [2.45, 2.75) is 32.1 Å². The smallest absolute Gasteiger partial charge is 0.407 e. The summed E-state index contributed by atoms with van der Waals surface area (Å²) in [7, 11) is 0. The molecule has 2 rings (SSSR count). The molecule has 0 unspecified atom stereocenters. The number of carbonyl (C=O) groups excluding carboxylic acids is 1. The van der Waals surface area contributed by atoms with Crippen LogP contribution in [0, 0.1) is 0 Å². The van der Waals surface area contributed by atoms with E-state index in [1.54, 1.807) is 0 Å². The molecule has 0 spiro atoms. The summed E-state index contributed by atoms with van der Waals surface area (Å²) in [6.07, 6.45) is 2.86. The molecule has 0 aliphatic rings. The zero-order valence-corrected chi connectivity index (χ0v) is 14.5. The third-order valence-electron chi connectivity index (χ3n) is 3.91. The Balaban J connectivity index is 1.64. The molecule has 0 aliphatic heterocycles. The van der Waals surface area contributed by atoms with Gasteiger partial charge < -0.3 is 10.0 Å². The van der Waals surface area contributed by atoms with E-state index in [1.807, 2.05) is 47.8 Å². The number of unbranched alkanes of at least 4 members (excludes halogenated alkanes) is 2. The highest BCUT2D eigenvalue weighted by molar-refractivity contribution is 7.12. The van der Waals surface area contributed by atoms with Crippen molar-refractivity contribution in [1.29, 1.82) is 0 Å². The minimum Gasteiger partial charge on any atom is -0.465 e. The van der Waals surface area contributed by atoms with Crippen LogP contribution in [0.15, 0.2) is 47.8 Å². The quantitative estimate of drug-likeness (QED) is 0.501. The fraction of sp³-hybridized carbons (Fsp3) is 0.368. The largest absolute Gasteiger partial charge is 0.465 e. The molecule has 128 valence electrons. The van der Waals surface area contributed by atoms with Gasteiger partial charge in [0.1, 0.15) is 0 Å². The Bertz CT molecular complexity index is 625. The molecule has 0 fully saturated rings. The van der Waals surface area contributed by atoms with E-state index in [4.69, 9.17) is 0 Å². The second kappa shape index (κ2) is 9.88. The van der Waals surface area contributed by atoms with Crippen molar-refractivity contribution < 1.29 is 14.7 Å². The van der Waals surface area contributed by atoms with Crippen molar-refractivity contribution in [3.05, 3.63) is 58.3 Å². The minimum atomic E-state index is -0.874. The van der Waals surface area contributed by atoms with E-state index in [9.17, 15) is 14.7 Å². The molecular weight excluding hydrogens is 322 g/mol. The normalized spacial score (nSPS) is 10.5. The Morgan fingerprint density at radius 3 is 2.42 bits per heavy atom. The van der Waals surface area contributed by atoms with Crippen LogP contribution >= 0.6 is 11.3 Å². The zero-order chi connectivity index (χ0) is 17.2. The maximum Gasteiger partial charge on any atom is 0.407 e. The van der Waals surface area contributed by atoms with Crippen LogP contribution in [0.4, 0.5) is 4.79 Å². The van der Waals surface area contributed by atoms with Gasteiger partial charge in [0.2, 0.25) is 0 Å². The average Bonchev–Trinajstić information content (AvgIpc) is 3.12. The highest BCUT2D eigenvalue weighted by Gasteiger charge is 2.11. The Morgan fingerprint density at radius 1 is 0.958 bits per heavy atom. The molecule has 5 heteroatoms. The summed E-state index contributed by atoms with van der Waals surface area (Å²) in [5, 5.41) is 11.2. The molecule has 0 radical (unpaired) electrons. The van der Waals surface area contributed by atoms with Crippen LogP contribution in [-0.4, -0.2) is 35.0 Å². The number of hydrogen-bond acceptors (Lipinski definition) is 3. The zero-order valence-electron chi connectivity index (χ0n) is 13.7. The molecule has 24 heavy (non-hydrogen) atoms. The van der Waals surface area contributed by atoms with E-state index >= 15 is 0 Å². The Morgan fingerprint density at radius 2 is 1.75 bits per heavy atom. The fourth-order valence-corrected chi connectivity index (χ4v) is 3.23. The summed E-state index contributed by atoms with van der Waals surface area (Å²) < 4.78 is 0. The number of thiophene rings is 1. The lowest BCUT2D eigenvalue weighted by Crippen LogP contribution is -2.32. The van der Waals surface area contributed by atoms with E-state index in [0.717, 1.165) is 36.1 Å². The topological polar surface area (TPSA) is 57.6 Å². The number of hydrogen-bond donors (Lipinski definition) is 1. The van der Waals surface area contributed by atoms with Gasteiger partial charge in [0.15, 0.2) is 5.78 Å². The molecule has 1 heterocycles. The Kier molecular flexibility index (Phi) is 7.49. The number of ketones is 1. The van der Waals surface area contributed by atoms with Crippen molar-refractivity contribution in [1.82, 2.24) is 4.90 Å². The molecule has 2 aromatic rings. The first kappa shape index (κ1) is 18.2. The first-order valence-corrected chi connectivity index (χ1v) is 9.13. The first-order valence-electron chi connectivity index (χ1n) is 8.25. The standard InChI is InChI=1S/C19H23NO3S/c21-17(18-11-7-15-24-18)10-5-2-6-13-20(19(22)23)14-12-16-8-3-1-4-9-16/h1,3-4,7-9,11,15H,2,5-6,10,12-14H2,(H,22,23). The number of amides is 1. The predicted octanol–water partition coefficient (Wildman–Crippen LogP) is 4.71. The van der Waals surface area contributed by atoms with Gasteiger partial charge in [0.25, 0.3) is 0 Å². The van der Waals surface area contributed by atoms with Gasteiger partial charge in [0, 0.05) is 19.5 Å². The first-order chi connectivity index (χ1) is 11.7. The van der Waals surface area contributed by atoms with Crippen LogP contribution in [-0.2, 0) is 6.42 Å². The number of benzene rings is 1. The lowest BCUT2D eigenvalue weighted by molar-refractivity contribution is 0.0981. The molecule has 1 aromatic heterocycles. The van der Waals surface area contributed by atoms with Crippen LogP contribution < -0.4 is 0 Å². The molecule has 4 nitrogen and oxygen atoms in total. The van der Waals surface area contributed by atoms with E-state index in [2.05, 4.69) is 0 Å². The molecule has 1 aromatic carbocycles. The van der Waals surface area contributed by atoms with Gasteiger partial charge in [-0.3, -0.25) is 4.79 Å². The third-order valence-corrected chi connectivity index (χ3v) is 4.82. The van der Waals surface area contributed by atoms with Crippen molar-refractivity contribution in [2.75, 3.05) is 13.1 Å². The van der Waals surface area contributed by atoms with Gasteiger partial charge in [-0.05, 0) is 36.3 Å². The molecule has 0 saturated carbocycles. The van der Waals surface area contributed by atoms with Gasteiger partial charge in [-0.15, -0.1) is 11.3 Å². The Hall–Kier alpha value is -2.14. The van der Waals surface area contributed by atoms with Gasteiger partial charge in [-0.25, -0.2) is 4.79 Å². The molecular formula is C19H23NO3S. The SMILES string of the molecule is O=C(CCCCCN(CCc1ccccc1)C(=O)O)c1cccs1. The van der Waals surface area contributed by atoms with Crippen LogP contribution in [0.3, 0.4) is 0 Å². The number of rotatable bonds is 10. The number of nitrogens with zero attached hydrogens (tertiary/aromatic N) is 1. The lowest BCUT2D eigenvalue weighted by Gasteiger charge is -2.19. The average molecular weight is 345 g/mol. The molecule has 1 amide bonds. The summed E-state index contributed by atoms with van der Waals surface area (Å²) in [6.45, 7) is 1.03. The van der Waals surface area contributed by atoms with Gasteiger partial charge in [-0.2, -0.15) is 0 Å².